The van der Waals surface area contributed by atoms with Crippen LogP contribution in [-0.4, -0.2) is 49.4 Å². The van der Waals surface area contributed by atoms with Crippen LogP contribution < -0.4 is 10.2 Å². The Morgan fingerprint density at radius 2 is 2.19 bits per heavy atom. The zero-order valence-corrected chi connectivity index (χ0v) is 13.6. The summed E-state index contributed by atoms with van der Waals surface area (Å²) >= 11 is 1.60. The summed E-state index contributed by atoms with van der Waals surface area (Å²) in [5.74, 6) is -0.644. The number of anilines is 1. The molecule has 1 saturated heterocycles. The number of aromatic nitrogens is 1. The maximum Gasteiger partial charge on any atom is 0.320 e. The minimum atomic E-state index is -0.781. The quantitative estimate of drug-likeness (QED) is 0.829. The molecule has 1 aliphatic heterocycles. The number of ether oxygens (including phenoxy) is 1. The highest BCUT2D eigenvalue weighted by atomic mass is 32.1. The molecular formula is C14H23N3O3S. The van der Waals surface area contributed by atoms with Crippen molar-refractivity contribution < 1.29 is 14.6 Å². The number of hydrogen-bond acceptors (Lipinski definition) is 6. The van der Waals surface area contributed by atoms with Gasteiger partial charge in [-0.25, -0.2) is 4.98 Å². The largest absolute Gasteiger partial charge is 0.480 e. The lowest BCUT2D eigenvalue weighted by molar-refractivity contribution is -0.142. The van der Waals surface area contributed by atoms with Crippen LogP contribution in [0.25, 0.3) is 0 Å². The summed E-state index contributed by atoms with van der Waals surface area (Å²) in [4.78, 5) is 19.0. The number of carbonyl (C=O) groups is 1. The van der Waals surface area contributed by atoms with E-state index in [-0.39, 0.29) is 5.92 Å². The van der Waals surface area contributed by atoms with Gasteiger partial charge in [-0.3, -0.25) is 10.1 Å². The summed E-state index contributed by atoms with van der Waals surface area (Å²) in [5, 5.41) is 13.6. The average Bonchev–Trinajstić information content (AvgIpc) is 2.82. The number of thiazole rings is 1. The molecule has 0 saturated carbocycles. The molecule has 1 fully saturated rings. The van der Waals surface area contributed by atoms with Gasteiger partial charge < -0.3 is 14.7 Å². The van der Waals surface area contributed by atoms with Gasteiger partial charge in [0, 0.05) is 38.7 Å². The molecule has 0 bridgehead atoms. The van der Waals surface area contributed by atoms with Gasteiger partial charge in [-0.1, -0.05) is 0 Å². The summed E-state index contributed by atoms with van der Waals surface area (Å²) in [6.45, 7) is 3.82. The van der Waals surface area contributed by atoms with E-state index in [1.54, 1.807) is 11.3 Å². The van der Waals surface area contributed by atoms with Gasteiger partial charge in [-0.05, 0) is 25.7 Å². The first-order chi connectivity index (χ1) is 9.99. The molecule has 0 aliphatic carbocycles. The molecule has 0 amide bonds. The third-order valence-corrected chi connectivity index (χ3v) is 5.08. The van der Waals surface area contributed by atoms with Crippen molar-refractivity contribution in [2.75, 3.05) is 32.2 Å². The van der Waals surface area contributed by atoms with Crippen LogP contribution in [-0.2, 0) is 16.1 Å². The van der Waals surface area contributed by atoms with Gasteiger partial charge in [0.1, 0.15) is 6.04 Å². The maximum atomic E-state index is 11.5. The molecule has 1 aromatic heterocycles. The Balaban J connectivity index is 1.99. The van der Waals surface area contributed by atoms with Crippen LogP contribution in [0.3, 0.4) is 0 Å². The monoisotopic (exact) mass is 313 g/mol. The minimum absolute atomic E-state index is 0.137. The maximum absolute atomic E-state index is 11.5. The Bertz CT molecular complexity index is 484. The fraction of sp³-hybridized carbons (Fsp3) is 0.714. The van der Waals surface area contributed by atoms with Crippen molar-refractivity contribution in [3.8, 4) is 0 Å². The topological polar surface area (TPSA) is 74.7 Å². The zero-order valence-electron chi connectivity index (χ0n) is 12.8. The van der Waals surface area contributed by atoms with Gasteiger partial charge in [-0.15, -0.1) is 11.3 Å². The summed E-state index contributed by atoms with van der Waals surface area (Å²) in [6.07, 6.45) is 1.60. The third kappa shape index (κ3) is 4.15. The van der Waals surface area contributed by atoms with Crippen LogP contribution >= 0.6 is 11.3 Å². The molecule has 21 heavy (non-hydrogen) atoms. The van der Waals surface area contributed by atoms with Crippen LogP contribution in [0.1, 0.15) is 23.4 Å². The number of aliphatic carboxylic acids is 1. The van der Waals surface area contributed by atoms with Gasteiger partial charge >= 0.3 is 5.97 Å². The van der Waals surface area contributed by atoms with E-state index in [0.29, 0.717) is 19.8 Å². The zero-order chi connectivity index (χ0) is 15.4. The van der Waals surface area contributed by atoms with Crippen molar-refractivity contribution in [1.29, 1.82) is 0 Å². The van der Waals surface area contributed by atoms with E-state index in [0.717, 1.165) is 28.5 Å². The molecule has 1 aliphatic rings. The van der Waals surface area contributed by atoms with Crippen LogP contribution in [0, 0.1) is 12.8 Å². The molecular weight excluding hydrogens is 290 g/mol. The number of carboxylic acid groups (broad SMARTS) is 1. The van der Waals surface area contributed by atoms with Crippen molar-refractivity contribution in [2.45, 2.75) is 32.4 Å². The highest BCUT2D eigenvalue weighted by molar-refractivity contribution is 7.15. The predicted octanol–water partition coefficient (Wildman–Crippen LogP) is 1.49. The second-order valence-electron chi connectivity index (χ2n) is 5.55. The molecule has 1 aromatic rings. The predicted molar refractivity (Wildman–Crippen MR) is 83.0 cm³/mol. The lowest BCUT2D eigenvalue weighted by atomic mass is 9.92. The van der Waals surface area contributed by atoms with Crippen molar-refractivity contribution in [2.24, 2.45) is 5.92 Å². The number of aryl methyl sites for hydroxylation is 1. The average molecular weight is 313 g/mol. The standard InChI is InChI=1S/C14H23N3O3S/c1-9-11(21-14(16-9)17(2)3)8-15-12(13(18)19)10-4-6-20-7-5-10/h10,12,15H,4-8H2,1-3H3,(H,18,19)/t12-/m0/s1. The van der Waals surface area contributed by atoms with Crippen LogP contribution in [0.4, 0.5) is 5.13 Å². The number of nitrogens with one attached hydrogen (secondary N) is 1. The lowest BCUT2D eigenvalue weighted by Gasteiger charge is -2.28. The number of nitrogens with zero attached hydrogens (tertiary/aromatic N) is 2. The SMILES string of the molecule is Cc1nc(N(C)C)sc1CN[C@H](C(=O)O)C1CCOCC1. The molecule has 0 aromatic carbocycles. The molecule has 0 spiro atoms. The highest BCUT2D eigenvalue weighted by Gasteiger charge is 2.29. The molecule has 2 rings (SSSR count). The van der Waals surface area contributed by atoms with Crippen molar-refractivity contribution in [3.05, 3.63) is 10.6 Å². The molecule has 6 nitrogen and oxygen atoms in total. The van der Waals surface area contributed by atoms with E-state index in [4.69, 9.17) is 4.74 Å². The first kappa shape index (κ1) is 16.2. The first-order valence-corrected chi connectivity index (χ1v) is 7.98. The van der Waals surface area contributed by atoms with E-state index in [1.807, 2.05) is 25.9 Å². The smallest absolute Gasteiger partial charge is 0.320 e. The van der Waals surface area contributed by atoms with Gasteiger partial charge in [0.05, 0.1) is 5.69 Å². The number of rotatable bonds is 6. The molecule has 0 unspecified atom stereocenters. The Kier molecular flexibility index (Phi) is 5.55. The van der Waals surface area contributed by atoms with Crippen LogP contribution in [0.5, 0.6) is 0 Å². The fourth-order valence-corrected chi connectivity index (χ4v) is 3.41. The Hall–Kier alpha value is -1.18. The summed E-state index contributed by atoms with van der Waals surface area (Å²) in [7, 11) is 3.91. The second kappa shape index (κ2) is 7.20. The highest BCUT2D eigenvalue weighted by Crippen LogP contribution is 2.25. The van der Waals surface area contributed by atoms with Crippen LogP contribution in [0.2, 0.25) is 0 Å². The molecule has 2 N–H and O–H groups in total. The number of hydrogen-bond donors (Lipinski definition) is 2. The molecule has 118 valence electrons. The van der Waals surface area contributed by atoms with Gasteiger partial charge in [-0.2, -0.15) is 0 Å². The summed E-state index contributed by atoms with van der Waals surface area (Å²) in [5.41, 5.74) is 0.965. The van der Waals surface area contributed by atoms with Crippen LogP contribution in [0.15, 0.2) is 0 Å². The Morgan fingerprint density at radius 3 is 2.71 bits per heavy atom. The van der Waals surface area contributed by atoms with Crippen molar-refractivity contribution in [1.82, 2.24) is 10.3 Å². The lowest BCUT2D eigenvalue weighted by Crippen LogP contribution is -2.44. The van der Waals surface area contributed by atoms with E-state index >= 15 is 0 Å². The van der Waals surface area contributed by atoms with Gasteiger partial charge in [0.25, 0.3) is 0 Å². The molecule has 1 atom stereocenters. The summed E-state index contributed by atoms with van der Waals surface area (Å²) < 4.78 is 5.31. The molecule has 7 heteroatoms. The van der Waals surface area contributed by atoms with Gasteiger partial charge in [0.15, 0.2) is 5.13 Å². The third-order valence-electron chi connectivity index (χ3n) is 3.75. The fourth-order valence-electron chi connectivity index (χ4n) is 2.48. The summed E-state index contributed by atoms with van der Waals surface area (Å²) in [6, 6.07) is -0.516. The van der Waals surface area contributed by atoms with E-state index < -0.39 is 12.0 Å². The first-order valence-electron chi connectivity index (χ1n) is 7.16. The molecule has 0 radical (unpaired) electrons. The van der Waals surface area contributed by atoms with E-state index in [1.165, 1.54) is 0 Å². The van der Waals surface area contributed by atoms with Crippen molar-refractivity contribution in [3.63, 3.8) is 0 Å². The van der Waals surface area contributed by atoms with Gasteiger partial charge in [0.2, 0.25) is 0 Å². The number of carboxylic acids is 1. The molecule has 2 heterocycles. The Morgan fingerprint density at radius 1 is 1.52 bits per heavy atom. The second-order valence-corrected chi connectivity index (χ2v) is 6.61. The van der Waals surface area contributed by atoms with E-state index in [2.05, 4.69) is 10.3 Å². The van der Waals surface area contributed by atoms with E-state index in [9.17, 15) is 9.90 Å². The van der Waals surface area contributed by atoms with Crippen molar-refractivity contribution >= 4 is 22.4 Å². The Labute approximate surface area is 129 Å². The normalized spacial score (nSPS) is 17.7. The minimum Gasteiger partial charge on any atom is -0.480 e.